The molecule has 1 aromatic rings. The van der Waals surface area contributed by atoms with Crippen molar-refractivity contribution in [3.8, 4) is 0 Å². The first-order chi connectivity index (χ1) is 6.25. The Morgan fingerprint density at radius 3 is 2.46 bits per heavy atom. The second-order valence-electron chi connectivity index (χ2n) is 2.44. The van der Waals surface area contributed by atoms with Crippen molar-refractivity contribution >= 4 is 11.5 Å². The first-order valence-electron chi connectivity index (χ1n) is 3.77. The Hall–Kier alpha value is -1.77. The predicted octanol–water partition coefficient (Wildman–Crippen LogP) is 1.76. The number of rotatable bonds is 3. The summed E-state index contributed by atoms with van der Waals surface area (Å²) < 4.78 is 4.68. The van der Waals surface area contributed by atoms with Crippen LogP contribution in [0.2, 0.25) is 0 Å². The molecule has 68 valence electrons. The van der Waals surface area contributed by atoms with E-state index in [0.717, 1.165) is 0 Å². The quantitative estimate of drug-likeness (QED) is 0.566. The Kier molecular flexibility index (Phi) is 3.09. The molecule has 0 aliphatic carbocycles. The number of hydrogen-bond donors (Lipinski definition) is 1. The highest BCUT2D eigenvalue weighted by molar-refractivity contribution is 6.14. The third-order valence-corrected chi connectivity index (χ3v) is 1.55. The van der Waals surface area contributed by atoms with Crippen LogP contribution in [0.3, 0.4) is 0 Å². The van der Waals surface area contributed by atoms with Crippen LogP contribution in [0.15, 0.2) is 36.6 Å². The van der Waals surface area contributed by atoms with Gasteiger partial charge in [-0.05, 0) is 5.56 Å². The number of carbonyl (C=O) groups is 1. The van der Waals surface area contributed by atoms with Crippen LogP contribution in [-0.4, -0.2) is 18.2 Å². The number of carboxylic acids is 1. The van der Waals surface area contributed by atoms with Crippen LogP contribution >= 0.6 is 0 Å². The number of ether oxygens (including phenoxy) is 1. The fraction of sp³-hybridized carbons (Fsp3) is 0.100. The van der Waals surface area contributed by atoms with E-state index in [1.807, 2.05) is 6.07 Å². The van der Waals surface area contributed by atoms with Gasteiger partial charge in [0.2, 0.25) is 0 Å². The lowest BCUT2D eigenvalue weighted by molar-refractivity contribution is -0.130. The van der Waals surface area contributed by atoms with Gasteiger partial charge in [-0.25, -0.2) is 4.79 Å². The van der Waals surface area contributed by atoms with Crippen molar-refractivity contribution in [3.63, 3.8) is 0 Å². The summed E-state index contributed by atoms with van der Waals surface area (Å²) in [4.78, 5) is 10.7. The lowest BCUT2D eigenvalue weighted by atomic mass is 10.1. The topological polar surface area (TPSA) is 46.5 Å². The molecule has 0 bridgehead atoms. The molecule has 3 heteroatoms. The largest absolute Gasteiger partial charge is 0.503 e. The van der Waals surface area contributed by atoms with Gasteiger partial charge in [0.15, 0.2) is 0 Å². The van der Waals surface area contributed by atoms with Crippen molar-refractivity contribution in [1.82, 2.24) is 0 Å². The lowest BCUT2D eigenvalue weighted by Gasteiger charge is -2.00. The van der Waals surface area contributed by atoms with Crippen molar-refractivity contribution in [1.29, 1.82) is 0 Å². The van der Waals surface area contributed by atoms with Gasteiger partial charge in [-0.2, -0.15) is 0 Å². The van der Waals surface area contributed by atoms with Gasteiger partial charge in [0.1, 0.15) is 5.57 Å². The molecule has 0 aromatic heterocycles. The van der Waals surface area contributed by atoms with Crippen LogP contribution in [0.5, 0.6) is 0 Å². The van der Waals surface area contributed by atoms with E-state index in [9.17, 15) is 4.79 Å². The molecule has 1 N–H and O–H groups in total. The highest BCUT2D eigenvalue weighted by Gasteiger charge is 2.09. The molecule has 0 fully saturated rings. The smallest absolute Gasteiger partial charge is 0.339 e. The summed E-state index contributed by atoms with van der Waals surface area (Å²) in [6, 6.07) is 8.83. The van der Waals surface area contributed by atoms with Gasteiger partial charge in [-0.3, -0.25) is 0 Å². The van der Waals surface area contributed by atoms with Gasteiger partial charge in [0.25, 0.3) is 0 Å². The van der Waals surface area contributed by atoms with Gasteiger partial charge in [-0.1, -0.05) is 30.3 Å². The number of aliphatic carboxylic acids is 1. The molecule has 0 atom stereocenters. The standard InChI is InChI=1S/C10H10O3/c1-13-7-9(10(11)12)8-5-3-2-4-6-8/h2-7H,1H3,(H,11,12)/b9-7-. The summed E-state index contributed by atoms with van der Waals surface area (Å²) in [6.07, 6.45) is 1.22. The van der Waals surface area contributed by atoms with Gasteiger partial charge in [0.05, 0.1) is 13.4 Å². The third-order valence-electron chi connectivity index (χ3n) is 1.55. The average molecular weight is 178 g/mol. The minimum Gasteiger partial charge on any atom is -0.503 e. The molecule has 0 heterocycles. The van der Waals surface area contributed by atoms with Crippen LogP contribution in [0.1, 0.15) is 5.56 Å². The van der Waals surface area contributed by atoms with E-state index in [4.69, 9.17) is 5.11 Å². The van der Waals surface area contributed by atoms with E-state index in [-0.39, 0.29) is 5.57 Å². The molecule has 0 saturated carbocycles. The van der Waals surface area contributed by atoms with Crippen LogP contribution in [0, 0.1) is 0 Å². The summed E-state index contributed by atoms with van der Waals surface area (Å²) >= 11 is 0. The molecule has 0 aliphatic rings. The van der Waals surface area contributed by atoms with Crippen LogP contribution in [0.25, 0.3) is 5.57 Å². The summed E-state index contributed by atoms with van der Waals surface area (Å²) in [5.74, 6) is -0.993. The van der Waals surface area contributed by atoms with Gasteiger partial charge in [-0.15, -0.1) is 0 Å². The SMILES string of the molecule is CO/C=C(\C(=O)O)c1ccccc1. The summed E-state index contributed by atoms with van der Waals surface area (Å²) in [5.41, 5.74) is 0.792. The Bertz CT molecular complexity index is 314. The molecular formula is C10H10O3. The monoisotopic (exact) mass is 178 g/mol. The third kappa shape index (κ3) is 2.33. The van der Waals surface area contributed by atoms with E-state index in [1.54, 1.807) is 24.3 Å². The maximum Gasteiger partial charge on any atom is 0.339 e. The molecule has 0 amide bonds. The van der Waals surface area contributed by atoms with Gasteiger partial charge in [0, 0.05) is 0 Å². The zero-order chi connectivity index (χ0) is 9.68. The van der Waals surface area contributed by atoms with Crippen LogP contribution in [-0.2, 0) is 9.53 Å². The average Bonchev–Trinajstić information content (AvgIpc) is 2.15. The van der Waals surface area contributed by atoms with Crippen LogP contribution < -0.4 is 0 Å². The second kappa shape index (κ2) is 4.30. The molecule has 3 nitrogen and oxygen atoms in total. The number of hydrogen-bond acceptors (Lipinski definition) is 2. The predicted molar refractivity (Wildman–Crippen MR) is 49.1 cm³/mol. The molecule has 13 heavy (non-hydrogen) atoms. The minimum absolute atomic E-state index is 0.156. The Morgan fingerprint density at radius 1 is 1.38 bits per heavy atom. The highest BCUT2D eigenvalue weighted by atomic mass is 16.5. The maximum atomic E-state index is 10.7. The molecule has 0 unspecified atom stereocenters. The fourth-order valence-electron chi connectivity index (χ4n) is 0.977. The molecule has 0 aliphatic heterocycles. The summed E-state index contributed by atoms with van der Waals surface area (Å²) in [7, 11) is 1.42. The zero-order valence-electron chi connectivity index (χ0n) is 7.23. The normalized spacial score (nSPS) is 11.0. The molecule has 0 saturated heterocycles. The minimum atomic E-state index is -0.993. The van der Waals surface area contributed by atoms with Crippen molar-refractivity contribution < 1.29 is 14.6 Å². The van der Waals surface area contributed by atoms with Gasteiger partial charge >= 0.3 is 5.97 Å². The molecule has 0 radical (unpaired) electrons. The zero-order valence-corrected chi connectivity index (χ0v) is 7.23. The van der Waals surface area contributed by atoms with Crippen molar-refractivity contribution in [2.75, 3.05) is 7.11 Å². The van der Waals surface area contributed by atoms with E-state index < -0.39 is 5.97 Å². The number of carboxylic acid groups (broad SMARTS) is 1. The highest BCUT2D eigenvalue weighted by Crippen LogP contribution is 2.13. The van der Waals surface area contributed by atoms with Crippen molar-refractivity contribution in [2.45, 2.75) is 0 Å². The first kappa shape index (κ1) is 9.32. The number of benzene rings is 1. The van der Waals surface area contributed by atoms with E-state index in [2.05, 4.69) is 4.74 Å². The molecule has 0 spiro atoms. The van der Waals surface area contributed by atoms with E-state index in [1.165, 1.54) is 13.4 Å². The fourth-order valence-corrected chi connectivity index (χ4v) is 0.977. The maximum absolute atomic E-state index is 10.7. The Labute approximate surface area is 76.3 Å². The van der Waals surface area contributed by atoms with E-state index in [0.29, 0.717) is 5.56 Å². The van der Waals surface area contributed by atoms with Crippen molar-refractivity contribution in [2.24, 2.45) is 0 Å². The Morgan fingerprint density at radius 2 is 2.00 bits per heavy atom. The van der Waals surface area contributed by atoms with Crippen LogP contribution in [0.4, 0.5) is 0 Å². The van der Waals surface area contributed by atoms with Gasteiger partial charge < -0.3 is 9.84 Å². The second-order valence-corrected chi connectivity index (χ2v) is 2.44. The number of methoxy groups -OCH3 is 1. The molecular weight excluding hydrogens is 168 g/mol. The summed E-state index contributed by atoms with van der Waals surface area (Å²) in [5, 5.41) is 8.81. The molecule has 1 aromatic carbocycles. The van der Waals surface area contributed by atoms with E-state index >= 15 is 0 Å². The summed E-state index contributed by atoms with van der Waals surface area (Å²) in [6.45, 7) is 0. The first-order valence-corrected chi connectivity index (χ1v) is 3.77. The Balaban J connectivity index is 3.03. The lowest BCUT2D eigenvalue weighted by Crippen LogP contribution is -1.99. The molecule has 1 rings (SSSR count). The van der Waals surface area contributed by atoms with Crippen molar-refractivity contribution in [3.05, 3.63) is 42.2 Å².